The van der Waals surface area contributed by atoms with Gasteiger partial charge in [-0.25, -0.2) is 4.79 Å². The normalized spacial score (nSPS) is 13.0. The highest BCUT2D eigenvalue weighted by molar-refractivity contribution is 6.00. The minimum Gasteiger partial charge on any atom is -0.508 e. The van der Waals surface area contributed by atoms with Gasteiger partial charge in [-0.2, -0.15) is 0 Å². The van der Waals surface area contributed by atoms with Crippen LogP contribution in [0.2, 0.25) is 0 Å². The van der Waals surface area contributed by atoms with E-state index in [0.717, 1.165) is 16.7 Å². The second-order valence-electron chi connectivity index (χ2n) is 12.5. The lowest BCUT2D eigenvalue weighted by atomic mass is 9.91. The first-order chi connectivity index (χ1) is 20.1. The number of rotatable bonds is 10. The molecule has 0 aliphatic heterocycles. The van der Waals surface area contributed by atoms with Crippen molar-refractivity contribution >= 4 is 23.6 Å². The van der Waals surface area contributed by atoms with Gasteiger partial charge in [-0.05, 0) is 89.3 Å². The van der Waals surface area contributed by atoms with Gasteiger partial charge in [0.2, 0.25) is 5.91 Å². The molecule has 8 heteroatoms. The van der Waals surface area contributed by atoms with E-state index in [2.05, 4.69) is 10.6 Å². The summed E-state index contributed by atoms with van der Waals surface area (Å²) in [6.07, 6.45) is -0.0414. The number of carbonyl (C=O) groups is 3. The van der Waals surface area contributed by atoms with Crippen LogP contribution in [0.5, 0.6) is 5.75 Å². The predicted octanol–water partition coefficient (Wildman–Crippen LogP) is 6.84. The first-order valence-electron chi connectivity index (χ1n) is 14.7. The van der Waals surface area contributed by atoms with Gasteiger partial charge in [0.25, 0.3) is 5.91 Å². The molecule has 2 unspecified atom stereocenters. The maximum Gasteiger partial charge on any atom is 0.408 e. The highest BCUT2D eigenvalue weighted by atomic mass is 16.6. The van der Waals surface area contributed by atoms with Gasteiger partial charge in [0.15, 0.2) is 0 Å². The van der Waals surface area contributed by atoms with Crippen molar-refractivity contribution in [2.45, 2.75) is 91.5 Å². The van der Waals surface area contributed by atoms with Crippen LogP contribution in [0.1, 0.15) is 76.3 Å². The summed E-state index contributed by atoms with van der Waals surface area (Å²) in [4.78, 5) is 43.6. The van der Waals surface area contributed by atoms with E-state index < -0.39 is 41.1 Å². The third-order valence-electron chi connectivity index (χ3n) is 7.45. The molecule has 3 aromatic rings. The summed E-state index contributed by atoms with van der Waals surface area (Å²) in [5.74, 6) is -0.919. The molecule has 0 saturated carbocycles. The molecule has 3 aromatic carbocycles. The number of amides is 3. The van der Waals surface area contributed by atoms with Crippen molar-refractivity contribution in [2.75, 3.05) is 5.32 Å². The largest absolute Gasteiger partial charge is 0.508 e. The summed E-state index contributed by atoms with van der Waals surface area (Å²) in [6.45, 7) is 14.8. The quantitative estimate of drug-likeness (QED) is 0.241. The number of aryl methyl sites for hydroxylation is 2. The van der Waals surface area contributed by atoms with Gasteiger partial charge < -0.3 is 25.4 Å². The average Bonchev–Trinajstić information content (AvgIpc) is 2.92. The SMILES string of the molecule is CCC(C)(C)N(C(=O)C(Cc1ccccc1)NC(=O)OC(C)(C)C)C(C(=O)Nc1c(C)cccc1C)c1cccc(O)c1. The number of nitrogens with one attached hydrogen (secondary N) is 2. The molecule has 0 radical (unpaired) electrons. The number of phenolic OH excluding ortho intramolecular Hbond substituents is 1. The van der Waals surface area contributed by atoms with Crippen LogP contribution in [0, 0.1) is 13.8 Å². The van der Waals surface area contributed by atoms with Gasteiger partial charge >= 0.3 is 6.09 Å². The van der Waals surface area contributed by atoms with Crippen molar-refractivity contribution in [3.8, 4) is 5.75 Å². The molecular formula is C35H45N3O5. The zero-order chi connectivity index (χ0) is 31.9. The van der Waals surface area contributed by atoms with E-state index in [1.165, 1.54) is 17.0 Å². The van der Waals surface area contributed by atoms with E-state index in [1.807, 2.05) is 83.1 Å². The minimum atomic E-state index is -1.13. The van der Waals surface area contributed by atoms with Crippen molar-refractivity contribution < 1.29 is 24.2 Å². The van der Waals surface area contributed by atoms with E-state index in [-0.39, 0.29) is 12.2 Å². The van der Waals surface area contributed by atoms with Gasteiger partial charge in [0, 0.05) is 17.6 Å². The standard InChI is InChI=1S/C35H45N3O5/c1-9-35(7,8)38(32(41)28(21-25-17-11-10-12-18-25)36-33(42)43-34(4,5)6)30(26-19-14-20-27(39)22-26)31(40)37-29-23(2)15-13-16-24(29)3/h10-20,22,28,30,39H,9,21H2,1-8H3,(H,36,42)(H,37,40). The molecule has 3 rings (SSSR count). The van der Waals surface area contributed by atoms with Crippen molar-refractivity contribution in [3.05, 3.63) is 95.1 Å². The summed E-state index contributed by atoms with van der Waals surface area (Å²) >= 11 is 0. The topological polar surface area (TPSA) is 108 Å². The first kappa shape index (κ1) is 33.2. The maximum atomic E-state index is 14.8. The molecule has 3 N–H and O–H groups in total. The second kappa shape index (κ2) is 13.8. The Labute approximate surface area is 255 Å². The van der Waals surface area contributed by atoms with Crippen molar-refractivity contribution in [3.63, 3.8) is 0 Å². The number of para-hydroxylation sites is 1. The zero-order valence-corrected chi connectivity index (χ0v) is 26.5. The van der Waals surface area contributed by atoms with E-state index in [9.17, 15) is 19.5 Å². The molecule has 0 heterocycles. The third kappa shape index (κ3) is 8.83. The molecule has 0 aliphatic rings. The van der Waals surface area contributed by atoms with Gasteiger partial charge in [0.05, 0.1) is 0 Å². The van der Waals surface area contributed by atoms with E-state index in [1.54, 1.807) is 32.9 Å². The van der Waals surface area contributed by atoms with Crippen LogP contribution in [0.3, 0.4) is 0 Å². The fraction of sp³-hybridized carbons (Fsp3) is 0.400. The lowest BCUT2D eigenvalue weighted by molar-refractivity contribution is -0.147. The average molecular weight is 588 g/mol. The highest BCUT2D eigenvalue weighted by Gasteiger charge is 2.43. The Morgan fingerprint density at radius 1 is 0.884 bits per heavy atom. The zero-order valence-electron chi connectivity index (χ0n) is 26.5. The van der Waals surface area contributed by atoms with Gasteiger partial charge in [-0.1, -0.05) is 67.6 Å². The van der Waals surface area contributed by atoms with Crippen LogP contribution in [-0.2, 0) is 20.7 Å². The summed E-state index contributed by atoms with van der Waals surface area (Å²) in [7, 11) is 0. The number of benzene rings is 3. The van der Waals surface area contributed by atoms with E-state index in [0.29, 0.717) is 17.7 Å². The van der Waals surface area contributed by atoms with Crippen LogP contribution in [0.4, 0.5) is 10.5 Å². The molecule has 0 bridgehead atoms. The second-order valence-corrected chi connectivity index (χ2v) is 12.5. The molecule has 0 spiro atoms. The molecule has 3 amide bonds. The number of nitrogens with zero attached hydrogens (tertiary/aromatic N) is 1. The summed E-state index contributed by atoms with van der Waals surface area (Å²) in [5.41, 5.74) is 2.08. The van der Waals surface area contributed by atoms with Crippen LogP contribution in [0.25, 0.3) is 0 Å². The number of phenols is 1. The Balaban J connectivity index is 2.17. The van der Waals surface area contributed by atoms with Crippen molar-refractivity contribution in [2.24, 2.45) is 0 Å². The van der Waals surface area contributed by atoms with Crippen LogP contribution in [-0.4, -0.2) is 45.1 Å². The van der Waals surface area contributed by atoms with E-state index in [4.69, 9.17) is 4.74 Å². The van der Waals surface area contributed by atoms with Gasteiger partial charge in [0.1, 0.15) is 23.4 Å². The third-order valence-corrected chi connectivity index (χ3v) is 7.45. The van der Waals surface area contributed by atoms with Crippen molar-refractivity contribution in [1.29, 1.82) is 0 Å². The lowest BCUT2D eigenvalue weighted by Crippen LogP contribution is -2.59. The lowest BCUT2D eigenvalue weighted by Gasteiger charge is -2.44. The molecule has 2 atom stereocenters. The summed E-state index contributed by atoms with van der Waals surface area (Å²) < 4.78 is 5.53. The molecule has 8 nitrogen and oxygen atoms in total. The van der Waals surface area contributed by atoms with Crippen LogP contribution in [0.15, 0.2) is 72.8 Å². The number of alkyl carbamates (subject to hydrolysis) is 1. The molecular weight excluding hydrogens is 542 g/mol. The minimum absolute atomic E-state index is 0.0307. The van der Waals surface area contributed by atoms with E-state index >= 15 is 0 Å². The molecule has 0 saturated heterocycles. The Morgan fingerprint density at radius 2 is 1.49 bits per heavy atom. The maximum absolute atomic E-state index is 14.8. The predicted molar refractivity (Wildman–Crippen MR) is 170 cm³/mol. The molecule has 0 aliphatic carbocycles. The highest BCUT2D eigenvalue weighted by Crippen LogP contribution is 2.35. The number of hydrogen-bond donors (Lipinski definition) is 3. The van der Waals surface area contributed by atoms with Crippen LogP contribution >= 0.6 is 0 Å². The number of anilines is 1. The molecule has 43 heavy (non-hydrogen) atoms. The fourth-order valence-electron chi connectivity index (χ4n) is 4.93. The number of ether oxygens (including phenoxy) is 1. The Hall–Kier alpha value is -4.33. The molecule has 230 valence electrons. The van der Waals surface area contributed by atoms with Gasteiger partial charge in [-0.15, -0.1) is 0 Å². The number of aromatic hydroxyl groups is 1. The number of hydrogen-bond acceptors (Lipinski definition) is 5. The summed E-state index contributed by atoms with van der Waals surface area (Å²) in [6, 6.07) is 19.3. The monoisotopic (exact) mass is 587 g/mol. The smallest absolute Gasteiger partial charge is 0.408 e. The van der Waals surface area contributed by atoms with Gasteiger partial charge in [-0.3, -0.25) is 9.59 Å². The molecule has 0 aromatic heterocycles. The number of carbonyl (C=O) groups excluding carboxylic acids is 3. The Kier molecular flexibility index (Phi) is 10.6. The fourth-order valence-corrected chi connectivity index (χ4v) is 4.93. The van der Waals surface area contributed by atoms with Crippen molar-refractivity contribution in [1.82, 2.24) is 10.2 Å². The first-order valence-corrected chi connectivity index (χ1v) is 14.7. The van der Waals surface area contributed by atoms with Crippen LogP contribution < -0.4 is 10.6 Å². The molecule has 0 fully saturated rings. The summed E-state index contributed by atoms with van der Waals surface area (Å²) in [5, 5.41) is 16.3. The Bertz CT molecular complexity index is 1410. The Morgan fingerprint density at radius 3 is 2.05 bits per heavy atom.